The van der Waals surface area contributed by atoms with Gasteiger partial charge in [-0.1, -0.05) is 6.07 Å². The van der Waals surface area contributed by atoms with Crippen molar-refractivity contribution in [1.82, 2.24) is 4.98 Å². The molecule has 0 bridgehead atoms. The quantitative estimate of drug-likeness (QED) is 0.604. The SMILES string of the molecule is COc1ccc(OC)c(Nc2nc(CC(=O)Nc3ccc(C)c(C)c3)cs2)c1. The first-order valence-electron chi connectivity index (χ1n) is 8.79. The minimum atomic E-state index is -0.0981. The Morgan fingerprint density at radius 1 is 1.07 bits per heavy atom. The van der Waals surface area contributed by atoms with E-state index in [1.54, 1.807) is 14.2 Å². The fourth-order valence-corrected chi connectivity index (χ4v) is 3.38. The highest BCUT2D eigenvalue weighted by Gasteiger charge is 2.11. The first-order valence-corrected chi connectivity index (χ1v) is 9.67. The van der Waals surface area contributed by atoms with E-state index in [-0.39, 0.29) is 12.3 Å². The summed E-state index contributed by atoms with van der Waals surface area (Å²) < 4.78 is 10.6. The summed E-state index contributed by atoms with van der Waals surface area (Å²) in [6.07, 6.45) is 0.209. The predicted molar refractivity (Wildman–Crippen MR) is 113 cm³/mol. The third-order valence-corrected chi connectivity index (χ3v) is 5.14. The second-order valence-corrected chi connectivity index (χ2v) is 7.22. The molecule has 1 heterocycles. The van der Waals surface area contributed by atoms with E-state index in [0.29, 0.717) is 22.3 Å². The molecule has 1 aromatic heterocycles. The van der Waals surface area contributed by atoms with Crippen LogP contribution >= 0.6 is 11.3 Å². The number of aromatic nitrogens is 1. The Morgan fingerprint density at radius 2 is 1.89 bits per heavy atom. The minimum absolute atomic E-state index is 0.0981. The molecule has 1 amide bonds. The number of anilines is 3. The summed E-state index contributed by atoms with van der Waals surface area (Å²) in [5.41, 5.74) is 4.59. The molecule has 0 spiro atoms. The van der Waals surface area contributed by atoms with Gasteiger partial charge in [-0.3, -0.25) is 4.79 Å². The van der Waals surface area contributed by atoms with E-state index in [9.17, 15) is 4.79 Å². The highest BCUT2D eigenvalue weighted by atomic mass is 32.1. The molecule has 0 aliphatic heterocycles. The summed E-state index contributed by atoms with van der Waals surface area (Å²) in [7, 11) is 3.22. The topological polar surface area (TPSA) is 72.5 Å². The summed E-state index contributed by atoms with van der Waals surface area (Å²) in [4.78, 5) is 16.8. The molecule has 2 N–H and O–H groups in total. The summed E-state index contributed by atoms with van der Waals surface area (Å²) in [6.45, 7) is 4.07. The smallest absolute Gasteiger partial charge is 0.230 e. The number of amides is 1. The third kappa shape index (κ3) is 4.80. The summed E-state index contributed by atoms with van der Waals surface area (Å²) >= 11 is 1.43. The van der Waals surface area contributed by atoms with Gasteiger partial charge in [-0.25, -0.2) is 4.98 Å². The van der Waals surface area contributed by atoms with Gasteiger partial charge in [-0.05, 0) is 49.2 Å². The van der Waals surface area contributed by atoms with E-state index < -0.39 is 0 Å². The highest BCUT2D eigenvalue weighted by Crippen LogP contribution is 2.32. The molecule has 0 aliphatic rings. The number of carbonyl (C=O) groups is 1. The molecule has 0 saturated heterocycles. The van der Waals surface area contributed by atoms with Crippen molar-refractivity contribution in [2.75, 3.05) is 24.9 Å². The van der Waals surface area contributed by atoms with Crippen molar-refractivity contribution in [2.24, 2.45) is 0 Å². The predicted octanol–water partition coefficient (Wildman–Crippen LogP) is 4.70. The van der Waals surface area contributed by atoms with Gasteiger partial charge < -0.3 is 20.1 Å². The van der Waals surface area contributed by atoms with Crippen LogP contribution in [0, 0.1) is 13.8 Å². The molecular formula is C21H23N3O3S. The van der Waals surface area contributed by atoms with Gasteiger partial charge in [0.05, 0.1) is 32.0 Å². The lowest BCUT2D eigenvalue weighted by Gasteiger charge is -2.10. The molecule has 6 nitrogen and oxygen atoms in total. The number of hydrogen-bond acceptors (Lipinski definition) is 6. The maximum Gasteiger partial charge on any atom is 0.230 e. The van der Waals surface area contributed by atoms with E-state index in [4.69, 9.17) is 9.47 Å². The van der Waals surface area contributed by atoms with Crippen molar-refractivity contribution in [3.8, 4) is 11.5 Å². The number of ether oxygens (including phenoxy) is 2. The van der Waals surface area contributed by atoms with Gasteiger partial charge >= 0.3 is 0 Å². The van der Waals surface area contributed by atoms with Crippen molar-refractivity contribution in [1.29, 1.82) is 0 Å². The van der Waals surface area contributed by atoms with Gasteiger partial charge in [0.25, 0.3) is 0 Å². The number of benzene rings is 2. The molecule has 0 radical (unpaired) electrons. The number of carbonyl (C=O) groups excluding carboxylic acids is 1. The number of nitrogens with zero attached hydrogens (tertiary/aromatic N) is 1. The summed E-state index contributed by atoms with van der Waals surface area (Å²) in [5, 5.41) is 8.70. The first kappa shape index (κ1) is 19.7. The Balaban J connectivity index is 1.65. The Kier molecular flexibility index (Phi) is 6.16. The lowest BCUT2D eigenvalue weighted by molar-refractivity contribution is -0.115. The van der Waals surface area contributed by atoms with Gasteiger partial charge in [-0.15, -0.1) is 11.3 Å². The van der Waals surface area contributed by atoms with Crippen LogP contribution in [0.3, 0.4) is 0 Å². The average molecular weight is 398 g/mol. The number of aryl methyl sites for hydroxylation is 2. The highest BCUT2D eigenvalue weighted by molar-refractivity contribution is 7.13. The molecule has 28 heavy (non-hydrogen) atoms. The van der Waals surface area contributed by atoms with Crippen molar-refractivity contribution in [3.63, 3.8) is 0 Å². The van der Waals surface area contributed by atoms with Gasteiger partial charge in [0, 0.05) is 17.1 Å². The van der Waals surface area contributed by atoms with Crippen LogP contribution in [0.4, 0.5) is 16.5 Å². The molecule has 0 atom stereocenters. The van der Waals surface area contributed by atoms with Crippen LogP contribution in [0.25, 0.3) is 0 Å². The molecule has 3 rings (SSSR count). The average Bonchev–Trinajstić information content (AvgIpc) is 3.11. The Labute approximate surface area is 168 Å². The van der Waals surface area contributed by atoms with Crippen molar-refractivity contribution >= 4 is 33.8 Å². The van der Waals surface area contributed by atoms with Gasteiger partial charge in [0.15, 0.2) is 5.13 Å². The molecule has 0 saturated carbocycles. The van der Waals surface area contributed by atoms with E-state index in [2.05, 4.69) is 15.6 Å². The Morgan fingerprint density at radius 3 is 2.61 bits per heavy atom. The van der Waals surface area contributed by atoms with E-state index in [1.165, 1.54) is 16.9 Å². The van der Waals surface area contributed by atoms with Crippen LogP contribution in [0.2, 0.25) is 0 Å². The molecule has 146 valence electrons. The fraction of sp³-hybridized carbons (Fsp3) is 0.238. The van der Waals surface area contributed by atoms with Gasteiger partial charge in [0.1, 0.15) is 11.5 Å². The number of hydrogen-bond donors (Lipinski definition) is 2. The van der Waals surface area contributed by atoms with Crippen LogP contribution in [0.5, 0.6) is 11.5 Å². The first-order chi connectivity index (χ1) is 13.5. The molecular weight excluding hydrogens is 374 g/mol. The van der Waals surface area contributed by atoms with Crippen molar-refractivity contribution < 1.29 is 14.3 Å². The van der Waals surface area contributed by atoms with Crippen LogP contribution in [0.15, 0.2) is 41.8 Å². The molecule has 0 fully saturated rings. The summed E-state index contributed by atoms with van der Waals surface area (Å²) in [5.74, 6) is 1.30. The zero-order valence-corrected chi connectivity index (χ0v) is 17.1. The van der Waals surface area contributed by atoms with Gasteiger partial charge in [0.2, 0.25) is 5.91 Å². The molecule has 7 heteroatoms. The molecule has 0 unspecified atom stereocenters. The van der Waals surface area contributed by atoms with E-state index in [1.807, 2.05) is 55.6 Å². The minimum Gasteiger partial charge on any atom is -0.497 e. The number of nitrogens with one attached hydrogen (secondary N) is 2. The van der Waals surface area contributed by atoms with Crippen molar-refractivity contribution in [2.45, 2.75) is 20.3 Å². The van der Waals surface area contributed by atoms with Crippen molar-refractivity contribution in [3.05, 3.63) is 58.6 Å². The standard InChI is InChI=1S/C21H23N3O3S/c1-13-5-6-15(9-14(13)2)22-20(25)10-16-12-28-21(23-16)24-18-11-17(26-3)7-8-19(18)27-4/h5-9,11-12H,10H2,1-4H3,(H,22,25)(H,23,24). The monoisotopic (exact) mass is 397 g/mol. The molecule has 0 aliphatic carbocycles. The zero-order valence-electron chi connectivity index (χ0n) is 16.3. The zero-order chi connectivity index (χ0) is 20.1. The van der Waals surface area contributed by atoms with Crippen LogP contribution in [-0.2, 0) is 11.2 Å². The largest absolute Gasteiger partial charge is 0.497 e. The van der Waals surface area contributed by atoms with Gasteiger partial charge in [-0.2, -0.15) is 0 Å². The number of methoxy groups -OCH3 is 2. The Bertz CT molecular complexity index is 985. The second kappa shape index (κ2) is 8.75. The van der Waals surface area contributed by atoms with E-state index in [0.717, 1.165) is 16.9 Å². The normalized spacial score (nSPS) is 10.4. The fourth-order valence-electron chi connectivity index (χ4n) is 2.66. The van der Waals surface area contributed by atoms with Crippen LogP contribution in [-0.4, -0.2) is 25.1 Å². The maximum atomic E-state index is 12.3. The Hall–Kier alpha value is -3.06. The number of thiazole rings is 1. The lowest BCUT2D eigenvalue weighted by atomic mass is 10.1. The van der Waals surface area contributed by atoms with Crippen LogP contribution < -0.4 is 20.1 Å². The summed E-state index contributed by atoms with van der Waals surface area (Å²) in [6, 6.07) is 11.4. The third-order valence-electron chi connectivity index (χ3n) is 4.33. The lowest BCUT2D eigenvalue weighted by Crippen LogP contribution is -2.14. The van der Waals surface area contributed by atoms with E-state index >= 15 is 0 Å². The maximum absolute atomic E-state index is 12.3. The molecule has 2 aromatic carbocycles. The molecule has 3 aromatic rings. The second-order valence-electron chi connectivity index (χ2n) is 6.36. The van der Waals surface area contributed by atoms with Crippen LogP contribution in [0.1, 0.15) is 16.8 Å². The number of rotatable bonds is 7.